The molecule has 0 spiro atoms. The number of aromatic nitrogens is 4. The Morgan fingerprint density at radius 1 is 1.25 bits per heavy atom. The molecule has 0 aliphatic rings. The summed E-state index contributed by atoms with van der Waals surface area (Å²) in [5.41, 5.74) is 1.03. The van der Waals surface area contributed by atoms with Gasteiger partial charge in [-0.2, -0.15) is 0 Å². The summed E-state index contributed by atoms with van der Waals surface area (Å²) < 4.78 is 2.90. The molecule has 5 nitrogen and oxygen atoms in total. The summed E-state index contributed by atoms with van der Waals surface area (Å²) in [4.78, 5) is 13.6. The summed E-state index contributed by atoms with van der Waals surface area (Å²) in [6.07, 6.45) is 6.68. The summed E-state index contributed by atoms with van der Waals surface area (Å²) in [7, 11) is 1.95. The van der Waals surface area contributed by atoms with E-state index in [1.54, 1.807) is 6.20 Å². The molecule has 0 saturated carbocycles. The van der Waals surface area contributed by atoms with Gasteiger partial charge in [0.05, 0.1) is 10.2 Å². The third kappa shape index (κ3) is 3.17. The smallest absolute Gasteiger partial charge is 0.198 e. The minimum absolute atomic E-state index is 0.669. The normalized spacial score (nSPS) is 10.8. The van der Waals surface area contributed by atoms with Crippen LogP contribution in [-0.4, -0.2) is 26.1 Å². The van der Waals surface area contributed by atoms with E-state index in [2.05, 4.69) is 50.0 Å². The van der Waals surface area contributed by atoms with Crippen LogP contribution in [0.2, 0.25) is 0 Å². The molecule has 108 valence electrons. The molecule has 0 amide bonds. The van der Waals surface area contributed by atoms with Gasteiger partial charge in [0.25, 0.3) is 0 Å². The molecule has 0 fully saturated rings. The van der Waals surface area contributed by atoms with Crippen LogP contribution in [0.15, 0.2) is 16.9 Å². The Kier molecular flexibility index (Phi) is 5.11. The number of hydrogen-bond acceptors (Lipinski definition) is 4. The Labute approximate surface area is 128 Å². The molecule has 0 aliphatic carbocycles. The molecule has 0 aliphatic heterocycles. The van der Waals surface area contributed by atoms with Gasteiger partial charge in [-0.25, -0.2) is 15.0 Å². The number of aryl methyl sites for hydroxylation is 2. The molecule has 0 saturated heterocycles. The van der Waals surface area contributed by atoms with Crippen molar-refractivity contribution in [1.29, 1.82) is 0 Å². The van der Waals surface area contributed by atoms with E-state index in [-0.39, 0.29) is 0 Å². The van der Waals surface area contributed by atoms with Gasteiger partial charge in [-0.3, -0.25) is 0 Å². The first-order valence-corrected chi connectivity index (χ1v) is 7.74. The maximum Gasteiger partial charge on any atom is 0.198 e. The molecule has 2 aromatic heterocycles. The van der Waals surface area contributed by atoms with Crippen molar-refractivity contribution in [2.24, 2.45) is 7.05 Å². The van der Waals surface area contributed by atoms with Crippen LogP contribution < -0.4 is 5.32 Å². The fraction of sp³-hybridized carbons (Fsp3) is 0.500. The highest BCUT2D eigenvalue weighted by atomic mass is 79.9. The third-order valence-corrected chi connectivity index (χ3v) is 3.80. The van der Waals surface area contributed by atoms with Crippen molar-refractivity contribution in [1.82, 2.24) is 19.5 Å². The summed E-state index contributed by atoms with van der Waals surface area (Å²) in [6, 6.07) is 0. The minimum Gasteiger partial charge on any atom is -0.369 e. The molecule has 6 heteroatoms. The second-order valence-electron chi connectivity index (χ2n) is 4.70. The number of nitrogens with one attached hydrogen (secondary N) is 1. The van der Waals surface area contributed by atoms with E-state index in [9.17, 15) is 0 Å². The Balaban J connectivity index is 2.46. The van der Waals surface area contributed by atoms with Gasteiger partial charge in [0.2, 0.25) is 0 Å². The number of nitrogens with zero attached hydrogens (tertiary/aromatic N) is 4. The zero-order chi connectivity index (χ0) is 14.5. The van der Waals surface area contributed by atoms with Crippen molar-refractivity contribution in [3.8, 4) is 11.6 Å². The van der Waals surface area contributed by atoms with Gasteiger partial charge in [-0.1, -0.05) is 20.3 Å². The lowest BCUT2D eigenvalue weighted by Gasteiger charge is -2.12. The van der Waals surface area contributed by atoms with E-state index in [1.807, 2.05) is 17.8 Å². The van der Waals surface area contributed by atoms with E-state index in [0.717, 1.165) is 47.6 Å². The van der Waals surface area contributed by atoms with Gasteiger partial charge in [0.15, 0.2) is 11.6 Å². The van der Waals surface area contributed by atoms with Crippen LogP contribution in [0.5, 0.6) is 0 Å². The summed E-state index contributed by atoms with van der Waals surface area (Å²) in [6.45, 7) is 5.17. The fourth-order valence-electron chi connectivity index (χ4n) is 1.94. The van der Waals surface area contributed by atoms with E-state index in [1.165, 1.54) is 0 Å². The van der Waals surface area contributed by atoms with Crippen molar-refractivity contribution in [2.45, 2.75) is 33.1 Å². The maximum absolute atomic E-state index is 4.65. The lowest BCUT2D eigenvalue weighted by atomic mass is 10.2. The first-order valence-electron chi connectivity index (χ1n) is 6.95. The van der Waals surface area contributed by atoms with Crippen molar-refractivity contribution in [3.05, 3.63) is 22.6 Å². The van der Waals surface area contributed by atoms with E-state index in [4.69, 9.17) is 0 Å². The minimum atomic E-state index is 0.669. The van der Waals surface area contributed by atoms with Crippen LogP contribution in [0.25, 0.3) is 11.6 Å². The number of hydrogen-bond donors (Lipinski definition) is 1. The van der Waals surface area contributed by atoms with Crippen LogP contribution in [0.4, 0.5) is 5.82 Å². The van der Waals surface area contributed by atoms with Crippen molar-refractivity contribution >= 4 is 21.7 Å². The Morgan fingerprint density at radius 3 is 2.65 bits per heavy atom. The molecule has 2 aromatic rings. The maximum atomic E-state index is 4.65. The van der Waals surface area contributed by atoms with Crippen molar-refractivity contribution in [2.75, 3.05) is 11.9 Å². The molecule has 0 atom stereocenters. The van der Waals surface area contributed by atoms with Gasteiger partial charge in [0.1, 0.15) is 5.82 Å². The lowest BCUT2D eigenvalue weighted by molar-refractivity contribution is 0.849. The van der Waals surface area contributed by atoms with Gasteiger partial charge >= 0.3 is 0 Å². The average Bonchev–Trinajstić information content (AvgIpc) is 2.86. The van der Waals surface area contributed by atoms with Crippen LogP contribution in [0.1, 0.15) is 32.4 Å². The Morgan fingerprint density at radius 2 is 2.05 bits per heavy atom. The van der Waals surface area contributed by atoms with Crippen molar-refractivity contribution < 1.29 is 0 Å². The first kappa shape index (κ1) is 15.0. The molecule has 0 unspecified atom stereocenters. The summed E-state index contributed by atoms with van der Waals surface area (Å²) >= 11 is 3.61. The second-order valence-corrected chi connectivity index (χ2v) is 5.49. The number of anilines is 1. The lowest BCUT2D eigenvalue weighted by Crippen LogP contribution is -2.08. The zero-order valence-electron chi connectivity index (χ0n) is 12.1. The highest BCUT2D eigenvalue weighted by molar-refractivity contribution is 9.10. The third-order valence-electron chi connectivity index (χ3n) is 2.97. The molecule has 2 rings (SSSR count). The summed E-state index contributed by atoms with van der Waals surface area (Å²) in [5, 5.41) is 3.35. The van der Waals surface area contributed by atoms with Gasteiger partial charge in [0, 0.05) is 26.0 Å². The van der Waals surface area contributed by atoms with Crippen molar-refractivity contribution in [3.63, 3.8) is 0 Å². The highest BCUT2D eigenvalue weighted by Crippen LogP contribution is 2.27. The van der Waals surface area contributed by atoms with Crippen LogP contribution >= 0.6 is 15.9 Å². The number of halogens is 1. The quantitative estimate of drug-likeness (QED) is 0.877. The molecule has 20 heavy (non-hydrogen) atoms. The van der Waals surface area contributed by atoms with Gasteiger partial charge in [-0.05, 0) is 28.8 Å². The predicted molar refractivity (Wildman–Crippen MR) is 84.7 cm³/mol. The topological polar surface area (TPSA) is 55.6 Å². The van der Waals surface area contributed by atoms with Gasteiger partial charge in [-0.15, -0.1) is 0 Å². The van der Waals surface area contributed by atoms with E-state index >= 15 is 0 Å². The predicted octanol–water partition coefficient (Wildman–Crippen LogP) is 3.41. The molecule has 0 aromatic carbocycles. The Bertz CT molecular complexity index is 579. The number of imidazole rings is 1. The molecular weight excluding hydrogens is 318 g/mol. The second kappa shape index (κ2) is 6.83. The number of rotatable bonds is 6. The molecule has 0 radical (unpaired) electrons. The van der Waals surface area contributed by atoms with Gasteiger partial charge < -0.3 is 9.88 Å². The largest absolute Gasteiger partial charge is 0.369 e. The van der Waals surface area contributed by atoms with E-state index in [0.29, 0.717) is 5.82 Å². The zero-order valence-corrected chi connectivity index (χ0v) is 13.7. The van der Waals surface area contributed by atoms with E-state index < -0.39 is 0 Å². The first-order chi connectivity index (χ1) is 9.67. The van der Waals surface area contributed by atoms with Crippen LogP contribution in [-0.2, 0) is 13.5 Å². The highest BCUT2D eigenvalue weighted by Gasteiger charge is 2.15. The summed E-state index contributed by atoms with van der Waals surface area (Å²) in [5.74, 6) is 2.31. The average molecular weight is 338 g/mol. The van der Waals surface area contributed by atoms with Crippen LogP contribution in [0, 0.1) is 0 Å². The molecule has 1 N–H and O–H groups in total. The van der Waals surface area contributed by atoms with Crippen LogP contribution in [0.3, 0.4) is 0 Å². The standard InChI is InChI=1S/C14H20BrN5/c1-4-6-10-11(15)12(16-7-5-2)19-13(18-10)14-17-8-9-20(14)3/h8-9H,4-7H2,1-3H3,(H,16,18,19). The molecular formula is C14H20BrN5. The SMILES string of the molecule is CCCNc1nc(-c2nccn2C)nc(CCC)c1Br. The molecule has 0 bridgehead atoms. The molecule has 2 heterocycles. The Hall–Kier alpha value is -1.43. The fourth-order valence-corrected chi connectivity index (χ4v) is 2.45. The monoisotopic (exact) mass is 337 g/mol.